The number of carboxylic acid groups (broad SMARTS) is 1. The van der Waals surface area contributed by atoms with Gasteiger partial charge < -0.3 is 10.8 Å². The van der Waals surface area contributed by atoms with Crippen LogP contribution in [0, 0.1) is 0 Å². The van der Waals surface area contributed by atoms with Gasteiger partial charge in [-0.15, -0.1) is 0 Å². The van der Waals surface area contributed by atoms with Crippen LogP contribution in [0.1, 0.15) is 16.7 Å². The molecule has 0 saturated carbocycles. The zero-order valence-corrected chi connectivity index (χ0v) is 12.2. The second-order valence-corrected chi connectivity index (χ2v) is 5.34. The first kappa shape index (κ1) is 15.9. The van der Waals surface area contributed by atoms with Crippen molar-refractivity contribution in [3.05, 3.63) is 71.3 Å². The summed E-state index contributed by atoms with van der Waals surface area (Å²) in [5.74, 6) is -0.858. The summed E-state index contributed by atoms with van der Waals surface area (Å²) >= 11 is 0. The van der Waals surface area contributed by atoms with Gasteiger partial charge in [0.15, 0.2) is 0 Å². The number of ketones is 1. The Morgan fingerprint density at radius 2 is 1.36 bits per heavy atom. The molecule has 0 bridgehead atoms. The maximum Gasteiger partial charge on any atom is 0.320 e. The summed E-state index contributed by atoms with van der Waals surface area (Å²) in [6.07, 6.45) is 1.08. The van der Waals surface area contributed by atoms with Gasteiger partial charge in [0.05, 0.1) is 0 Å². The Morgan fingerprint density at radius 3 is 1.91 bits per heavy atom. The molecule has 0 unspecified atom stereocenters. The Labute approximate surface area is 129 Å². The second-order valence-electron chi connectivity index (χ2n) is 5.34. The molecule has 0 saturated heterocycles. The molecule has 22 heavy (non-hydrogen) atoms. The lowest BCUT2D eigenvalue weighted by atomic mass is 10.00. The van der Waals surface area contributed by atoms with E-state index in [1.54, 1.807) is 0 Å². The average molecular weight is 297 g/mol. The molecule has 3 N–H and O–H groups in total. The first-order valence-corrected chi connectivity index (χ1v) is 7.16. The van der Waals surface area contributed by atoms with E-state index in [9.17, 15) is 9.59 Å². The number of benzene rings is 2. The highest BCUT2D eigenvalue weighted by Crippen LogP contribution is 2.09. The zero-order chi connectivity index (χ0) is 15.9. The number of carboxylic acids is 1. The normalized spacial score (nSPS) is 11.9. The number of carbonyl (C=O) groups is 2. The van der Waals surface area contributed by atoms with E-state index in [0.29, 0.717) is 12.8 Å². The van der Waals surface area contributed by atoms with E-state index < -0.39 is 12.0 Å². The van der Waals surface area contributed by atoms with Crippen LogP contribution in [0.5, 0.6) is 0 Å². The molecule has 1 atom stereocenters. The Kier molecular flexibility index (Phi) is 5.44. The summed E-state index contributed by atoms with van der Waals surface area (Å²) in [5.41, 5.74) is 8.29. The van der Waals surface area contributed by atoms with Crippen LogP contribution in [0.25, 0.3) is 0 Å². The summed E-state index contributed by atoms with van der Waals surface area (Å²) in [6, 6.07) is 16.1. The van der Waals surface area contributed by atoms with E-state index in [1.807, 2.05) is 54.6 Å². The quantitative estimate of drug-likeness (QED) is 0.819. The first-order chi connectivity index (χ1) is 10.5. The van der Waals surface area contributed by atoms with Crippen LogP contribution >= 0.6 is 0 Å². The van der Waals surface area contributed by atoms with Crippen molar-refractivity contribution in [2.45, 2.75) is 25.3 Å². The third-order valence-electron chi connectivity index (χ3n) is 3.44. The summed E-state index contributed by atoms with van der Waals surface area (Å²) in [6.45, 7) is 0. The maximum absolute atomic E-state index is 12.0. The molecule has 0 aromatic heterocycles. The summed E-state index contributed by atoms with van der Waals surface area (Å²) in [4.78, 5) is 22.8. The molecule has 0 amide bonds. The number of hydrogen-bond donors (Lipinski definition) is 2. The summed E-state index contributed by atoms with van der Waals surface area (Å²) < 4.78 is 0. The molecule has 0 radical (unpaired) electrons. The number of carbonyl (C=O) groups excluding carboxylic acids is 1. The van der Waals surface area contributed by atoms with Gasteiger partial charge in [-0.05, 0) is 23.1 Å². The van der Waals surface area contributed by atoms with Crippen molar-refractivity contribution in [2.75, 3.05) is 0 Å². The fourth-order valence-corrected chi connectivity index (χ4v) is 2.25. The first-order valence-electron chi connectivity index (χ1n) is 7.16. The minimum atomic E-state index is -1.01. The highest BCUT2D eigenvalue weighted by molar-refractivity contribution is 5.83. The molecule has 2 aromatic rings. The van der Waals surface area contributed by atoms with Crippen LogP contribution in [0.2, 0.25) is 0 Å². The maximum atomic E-state index is 12.0. The van der Waals surface area contributed by atoms with Crippen molar-refractivity contribution in [1.29, 1.82) is 0 Å². The molecule has 0 aliphatic rings. The molecule has 0 aliphatic carbocycles. The minimum absolute atomic E-state index is 0.154. The molecule has 0 spiro atoms. The molecule has 2 aromatic carbocycles. The number of nitrogens with two attached hydrogens (primary N) is 1. The van der Waals surface area contributed by atoms with Gasteiger partial charge in [-0.25, -0.2) is 0 Å². The van der Waals surface area contributed by atoms with Gasteiger partial charge in [0, 0.05) is 12.8 Å². The van der Waals surface area contributed by atoms with Crippen molar-refractivity contribution in [2.24, 2.45) is 5.73 Å². The molecular formula is C18H19NO3. The molecule has 4 nitrogen and oxygen atoms in total. The highest BCUT2D eigenvalue weighted by Gasteiger charge is 2.12. The Hall–Kier alpha value is -2.46. The van der Waals surface area contributed by atoms with Gasteiger partial charge in [0.1, 0.15) is 11.8 Å². The van der Waals surface area contributed by atoms with Gasteiger partial charge in [-0.1, -0.05) is 54.6 Å². The smallest absolute Gasteiger partial charge is 0.320 e. The van der Waals surface area contributed by atoms with E-state index in [0.717, 1.165) is 16.7 Å². The van der Waals surface area contributed by atoms with Crippen LogP contribution in [0.15, 0.2) is 54.6 Å². The van der Waals surface area contributed by atoms with Crippen molar-refractivity contribution in [1.82, 2.24) is 0 Å². The summed E-state index contributed by atoms with van der Waals surface area (Å²) in [7, 11) is 0. The molecule has 0 aliphatic heterocycles. The molecule has 4 heteroatoms. The highest BCUT2D eigenvalue weighted by atomic mass is 16.4. The van der Waals surface area contributed by atoms with Crippen molar-refractivity contribution >= 4 is 11.8 Å². The number of hydrogen-bond acceptors (Lipinski definition) is 3. The van der Waals surface area contributed by atoms with Gasteiger partial charge in [0.25, 0.3) is 0 Å². The molecule has 114 valence electrons. The Bertz CT molecular complexity index is 635. The number of aliphatic carboxylic acids is 1. The van der Waals surface area contributed by atoms with Crippen molar-refractivity contribution < 1.29 is 14.7 Å². The minimum Gasteiger partial charge on any atom is -0.480 e. The number of Topliss-reactive ketones (excluding diaryl/α,β-unsaturated/α-hetero) is 1. The second kappa shape index (κ2) is 7.52. The van der Waals surface area contributed by atoms with Gasteiger partial charge >= 0.3 is 5.97 Å². The van der Waals surface area contributed by atoms with Crippen molar-refractivity contribution in [3.8, 4) is 0 Å². The fraction of sp³-hybridized carbons (Fsp3) is 0.222. The molecule has 0 fully saturated rings. The zero-order valence-electron chi connectivity index (χ0n) is 12.2. The predicted octanol–water partition coefficient (Wildman–Crippen LogP) is 2.00. The van der Waals surface area contributed by atoms with Crippen LogP contribution in [0.4, 0.5) is 0 Å². The fourth-order valence-electron chi connectivity index (χ4n) is 2.25. The van der Waals surface area contributed by atoms with E-state index >= 15 is 0 Å². The van der Waals surface area contributed by atoms with Crippen LogP contribution in [-0.2, 0) is 28.9 Å². The van der Waals surface area contributed by atoms with Gasteiger partial charge in [0.2, 0.25) is 0 Å². The standard InChI is InChI=1S/C18H19NO3/c19-17(18(21)22)12-15-8-6-14(7-9-15)11-16(20)10-13-4-2-1-3-5-13/h1-9,17H,10-12,19H2,(H,21,22)/t17-/m1/s1. The van der Waals surface area contributed by atoms with E-state index in [2.05, 4.69) is 0 Å². The topological polar surface area (TPSA) is 80.4 Å². The lowest BCUT2D eigenvalue weighted by Crippen LogP contribution is -2.32. The van der Waals surface area contributed by atoms with E-state index in [-0.39, 0.29) is 12.2 Å². The average Bonchev–Trinajstić information content (AvgIpc) is 2.50. The summed E-state index contributed by atoms with van der Waals surface area (Å²) in [5, 5.41) is 8.79. The third-order valence-corrected chi connectivity index (χ3v) is 3.44. The molecule has 0 heterocycles. The lowest BCUT2D eigenvalue weighted by Gasteiger charge is -2.07. The van der Waals surface area contributed by atoms with Crippen LogP contribution in [0.3, 0.4) is 0 Å². The predicted molar refractivity (Wildman–Crippen MR) is 84.6 cm³/mol. The van der Waals surface area contributed by atoms with Crippen molar-refractivity contribution in [3.63, 3.8) is 0 Å². The molecular weight excluding hydrogens is 278 g/mol. The third kappa shape index (κ3) is 4.82. The van der Waals surface area contributed by atoms with Crippen LogP contribution in [-0.4, -0.2) is 22.9 Å². The monoisotopic (exact) mass is 297 g/mol. The Morgan fingerprint density at radius 1 is 0.864 bits per heavy atom. The Balaban J connectivity index is 1.91. The van der Waals surface area contributed by atoms with E-state index in [1.165, 1.54) is 0 Å². The van der Waals surface area contributed by atoms with Crippen LogP contribution < -0.4 is 5.73 Å². The van der Waals surface area contributed by atoms with E-state index in [4.69, 9.17) is 10.8 Å². The SMILES string of the molecule is N[C@H](Cc1ccc(CC(=O)Cc2ccccc2)cc1)C(=O)O. The lowest BCUT2D eigenvalue weighted by molar-refractivity contribution is -0.138. The van der Waals surface area contributed by atoms with Gasteiger partial charge in [-0.2, -0.15) is 0 Å². The largest absolute Gasteiger partial charge is 0.480 e. The molecule has 2 rings (SSSR count). The number of rotatable bonds is 7. The van der Waals surface area contributed by atoms with Gasteiger partial charge in [-0.3, -0.25) is 9.59 Å².